The second kappa shape index (κ2) is 6.33. The van der Waals surface area contributed by atoms with Gasteiger partial charge in [0.2, 0.25) is 0 Å². The molecule has 0 atom stereocenters. The Balaban J connectivity index is 2.00. The average molecular weight is 336 g/mol. The van der Waals surface area contributed by atoms with Crippen LogP contribution in [0, 0.1) is 5.82 Å². The Labute approximate surface area is 121 Å². The van der Waals surface area contributed by atoms with Crippen molar-refractivity contribution in [2.45, 2.75) is 13.5 Å². The zero-order valence-corrected chi connectivity index (χ0v) is 12.8. The summed E-state index contributed by atoms with van der Waals surface area (Å²) >= 11 is 9.29. The van der Waals surface area contributed by atoms with Crippen LogP contribution in [0.25, 0.3) is 0 Å². The molecule has 0 aromatic heterocycles. The Bertz CT molecular complexity index is 420. The van der Waals surface area contributed by atoms with Gasteiger partial charge in [0, 0.05) is 37.7 Å². The van der Waals surface area contributed by atoms with Crippen molar-refractivity contribution in [2.75, 3.05) is 32.7 Å². The van der Waals surface area contributed by atoms with Crippen LogP contribution in [-0.2, 0) is 6.54 Å². The van der Waals surface area contributed by atoms with Crippen LogP contribution in [0.15, 0.2) is 16.6 Å². The third-order valence-electron chi connectivity index (χ3n) is 3.40. The normalized spacial score (nSPS) is 18.2. The van der Waals surface area contributed by atoms with E-state index < -0.39 is 0 Å². The number of nitrogens with zero attached hydrogens (tertiary/aromatic N) is 2. The van der Waals surface area contributed by atoms with Gasteiger partial charge in [-0.1, -0.05) is 18.5 Å². The highest BCUT2D eigenvalue weighted by atomic mass is 79.9. The number of halogens is 3. The summed E-state index contributed by atoms with van der Waals surface area (Å²) in [5.74, 6) is -0.249. The molecule has 0 bridgehead atoms. The molecule has 0 N–H and O–H groups in total. The summed E-state index contributed by atoms with van der Waals surface area (Å²) in [7, 11) is 0. The summed E-state index contributed by atoms with van der Waals surface area (Å²) in [6.45, 7) is 8.18. The Morgan fingerprint density at radius 1 is 1.22 bits per heavy atom. The van der Waals surface area contributed by atoms with E-state index >= 15 is 0 Å². The first kappa shape index (κ1) is 14.3. The van der Waals surface area contributed by atoms with Gasteiger partial charge in [-0.05, 0) is 40.2 Å². The minimum absolute atomic E-state index is 0.249. The summed E-state index contributed by atoms with van der Waals surface area (Å²) in [5.41, 5.74) is 0.863. The minimum atomic E-state index is -0.249. The van der Waals surface area contributed by atoms with E-state index in [-0.39, 0.29) is 5.82 Å². The summed E-state index contributed by atoms with van der Waals surface area (Å²) in [4.78, 5) is 4.74. The van der Waals surface area contributed by atoms with E-state index in [0.717, 1.165) is 44.8 Å². The lowest BCUT2D eigenvalue weighted by Crippen LogP contribution is -2.45. The van der Waals surface area contributed by atoms with Gasteiger partial charge in [0.1, 0.15) is 5.82 Å². The average Bonchev–Trinajstić information content (AvgIpc) is 2.37. The van der Waals surface area contributed by atoms with E-state index in [1.54, 1.807) is 6.07 Å². The SMILES string of the molecule is CCN1CCN(Cc2cc(F)c(Br)cc2Cl)CC1. The van der Waals surface area contributed by atoms with Gasteiger partial charge in [-0.2, -0.15) is 0 Å². The largest absolute Gasteiger partial charge is 0.301 e. The molecule has 1 aliphatic rings. The molecule has 1 aliphatic heterocycles. The Morgan fingerprint density at radius 2 is 1.83 bits per heavy atom. The summed E-state index contributed by atoms with van der Waals surface area (Å²) in [6, 6.07) is 3.16. The Hall–Kier alpha value is -0.160. The van der Waals surface area contributed by atoms with Crippen molar-refractivity contribution in [3.8, 4) is 0 Å². The number of hydrogen-bond donors (Lipinski definition) is 0. The lowest BCUT2D eigenvalue weighted by atomic mass is 10.2. The first-order valence-corrected chi connectivity index (χ1v) is 7.35. The first-order valence-electron chi connectivity index (χ1n) is 6.18. The van der Waals surface area contributed by atoms with Crippen molar-refractivity contribution in [3.05, 3.63) is 33.0 Å². The quantitative estimate of drug-likeness (QED) is 0.781. The van der Waals surface area contributed by atoms with Gasteiger partial charge in [0.05, 0.1) is 4.47 Å². The van der Waals surface area contributed by atoms with Crippen molar-refractivity contribution in [1.29, 1.82) is 0 Å². The number of rotatable bonds is 3. The van der Waals surface area contributed by atoms with E-state index in [1.807, 2.05) is 0 Å². The number of likely N-dealkylation sites (N-methyl/N-ethyl adjacent to an activating group) is 1. The monoisotopic (exact) mass is 334 g/mol. The third-order valence-corrected chi connectivity index (χ3v) is 4.35. The molecule has 2 rings (SSSR count). The zero-order valence-electron chi connectivity index (χ0n) is 10.4. The zero-order chi connectivity index (χ0) is 13.1. The molecule has 1 aromatic rings. The molecule has 1 saturated heterocycles. The van der Waals surface area contributed by atoms with E-state index in [0.29, 0.717) is 9.50 Å². The molecule has 0 saturated carbocycles. The summed E-state index contributed by atoms with van der Waals surface area (Å²) < 4.78 is 13.9. The molecular formula is C13H17BrClFN2. The first-order chi connectivity index (χ1) is 8.60. The predicted molar refractivity (Wildman–Crippen MR) is 76.5 cm³/mol. The molecule has 2 nitrogen and oxygen atoms in total. The number of hydrogen-bond acceptors (Lipinski definition) is 2. The molecule has 1 aromatic carbocycles. The standard InChI is InChI=1S/C13H17BrClFN2/c1-2-17-3-5-18(6-4-17)9-10-7-13(16)11(14)8-12(10)15/h7-8H,2-6,9H2,1H3. The van der Waals surface area contributed by atoms with E-state index in [1.165, 1.54) is 6.07 Å². The van der Waals surface area contributed by atoms with E-state index in [2.05, 4.69) is 32.7 Å². The molecule has 5 heteroatoms. The van der Waals surface area contributed by atoms with E-state index in [4.69, 9.17) is 11.6 Å². The second-order valence-electron chi connectivity index (χ2n) is 4.57. The van der Waals surface area contributed by atoms with E-state index in [9.17, 15) is 4.39 Å². The summed E-state index contributed by atoms with van der Waals surface area (Å²) in [6.07, 6.45) is 0. The van der Waals surface area contributed by atoms with Gasteiger partial charge in [-0.25, -0.2) is 4.39 Å². The van der Waals surface area contributed by atoms with Gasteiger partial charge < -0.3 is 4.90 Å². The van der Waals surface area contributed by atoms with Crippen LogP contribution in [0.4, 0.5) is 4.39 Å². The summed E-state index contributed by atoms with van der Waals surface area (Å²) in [5, 5.41) is 0.626. The van der Waals surface area contributed by atoms with Crippen molar-refractivity contribution in [2.24, 2.45) is 0 Å². The fourth-order valence-electron chi connectivity index (χ4n) is 2.19. The van der Waals surface area contributed by atoms with Crippen molar-refractivity contribution in [1.82, 2.24) is 9.80 Å². The van der Waals surface area contributed by atoms with Crippen molar-refractivity contribution in [3.63, 3.8) is 0 Å². The molecule has 1 heterocycles. The smallest absolute Gasteiger partial charge is 0.137 e. The highest BCUT2D eigenvalue weighted by Crippen LogP contribution is 2.26. The van der Waals surface area contributed by atoms with Crippen LogP contribution < -0.4 is 0 Å². The van der Waals surface area contributed by atoms with Gasteiger partial charge in [0.15, 0.2) is 0 Å². The minimum Gasteiger partial charge on any atom is -0.301 e. The van der Waals surface area contributed by atoms with Gasteiger partial charge in [-0.15, -0.1) is 0 Å². The fourth-order valence-corrected chi connectivity index (χ4v) is 2.89. The Kier molecular flexibility index (Phi) is 5.01. The fraction of sp³-hybridized carbons (Fsp3) is 0.538. The number of piperazine rings is 1. The molecule has 0 radical (unpaired) electrons. The lowest BCUT2D eigenvalue weighted by molar-refractivity contribution is 0.132. The maximum atomic E-state index is 13.5. The van der Waals surface area contributed by atoms with Gasteiger partial charge in [-0.3, -0.25) is 4.90 Å². The maximum absolute atomic E-state index is 13.5. The van der Waals surface area contributed by atoms with Crippen LogP contribution in [-0.4, -0.2) is 42.5 Å². The van der Waals surface area contributed by atoms with Crippen LogP contribution in [0.5, 0.6) is 0 Å². The highest BCUT2D eigenvalue weighted by molar-refractivity contribution is 9.10. The van der Waals surface area contributed by atoms with Crippen molar-refractivity contribution >= 4 is 27.5 Å². The number of benzene rings is 1. The molecule has 0 unspecified atom stereocenters. The highest BCUT2D eigenvalue weighted by Gasteiger charge is 2.17. The molecule has 100 valence electrons. The molecule has 0 spiro atoms. The molecular weight excluding hydrogens is 319 g/mol. The van der Waals surface area contributed by atoms with Crippen LogP contribution >= 0.6 is 27.5 Å². The third kappa shape index (κ3) is 3.44. The maximum Gasteiger partial charge on any atom is 0.137 e. The van der Waals surface area contributed by atoms with Crippen molar-refractivity contribution < 1.29 is 4.39 Å². The topological polar surface area (TPSA) is 6.48 Å². The molecule has 0 aliphatic carbocycles. The predicted octanol–water partition coefficient (Wildman–Crippen LogP) is 3.38. The van der Waals surface area contributed by atoms with Crippen LogP contribution in [0.3, 0.4) is 0 Å². The van der Waals surface area contributed by atoms with Gasteiger partial charge in [0.25, 0.3) is 0 Å². The molecule has 0 amide bonds. The Morgan fingerprint density at radius 3 is 2.44 bits per heavy atom. The lowest BCUT2D eigenvalue weighted by Gasteiger charge is -2.34. The second-order valence-corrected chi connectivity index (χ2v) is 5.83. The molecule has 1 fully saturated rings. The van der Waals surface area contributed by atoms with Gasteiger partial charge >= 0.3 is 0 Å². The molecule has 18 heavy (non-hydrogen) atoms. The van der Waals surface area contributed by atoms with Crippen LogP contribution in [0.1, 0.15) is 12.5 Å². The van der Waals surface area contributed by atoms with Crippen LogP contribution in [0.2, 0.25) is 5.02 Å².